The van der Waals surface area contributed by atoms with Crippen LogP contribution >= 0.6 is 0 Å². The molecule has 2 aromatic rings. The lowest BCUT2D eigenvalue weighted by Gasteiger charge is -2.09. The van der Waals surface area contributed by atoms with Crippen molar-refractivity contribution in [2.24, 2.45) is 0 Å². The fraction of sp³-hybridized carbons (Fsp3) is 0. The highest BCUT2D eigenvalue weighted by atomic mass is 19.1. The summed E-state index contributed by atoms with van der Waals surface area (Å²) in [4.78, 5) is 25.7. The maximum absolute atomic E-state index is 13.5. The molecule has 0 aliphatic carbocycles. The van der Waals surface area contributed by atoms with Crippen molar-refractivity contribution >= 4 is 17.3 Å². The summed E-state index contributed by atoms with van der Waals surface area (Å²) in [5, 5.41) is 2.14. The number of hydrogen-bond acceptors (Lipinski definition) is 3. The average molecular weight is 265 g/mol. The number of aromatic nitrogens is 1. The number of aromatic amines is 1. The molecule has 0 radical (unpaired) electrons. The smallest absolute Gasteiger partial charge is 0.261 e. The van der Waals surface area contributed by atoms with E-state index in [4.69, 9.17) is 5.73 Å². The van der Waals surface area contributed by atoms with Crippen LogP contribution in [-0.2, 0) is 0 Å². The predicted molar refractivity (Wildman–Crippen MR) is 65.8 cm³/mol. The number of rotatable bonds is 2. The fourth-order valence-electron chi connectivity index (χ4n) is 1.50. The molecule has 0 atom stereocenters. The van der Waals surface area contributed by atoms with Crippen LogP contribution in [0.25, 0.3) is 0 Å². The zero-order valence-electron chi connectivity index (χ0n) is 9.54. The lowest BCUT2D eigenvalue weighted by atomic mass is 10.2. The van der Waals surface area contributed by atoms with Crippen molar-refractivity contribution < 1.29 is 13.6 Å². The molecule has 1 aromatic heterocycles. The molecule has 0 fully saturated rings. The van der Waals surface area contributed by atoms with Crippen molar-refractivity contribution in [3.05, 3.63) is 58.0 Å². The van der Waals surface area contributed by atoms with E-state index < -0.39 is 23.0 Å². The Labute approximate surface area is 106 Å². The third-order valence-electron chi connectivity index (χ3n) is 2.39. The van der Waals surface area contributed by atoms with Gasteiger partial charge in [0.2, 0.25) is 0 Å². The number of amides is 1. The molecule has 19 heavy (non-hydrogen) atoms. The lowest BCUT2D eigenvalue weighted by Crippen LogP contribution is -2.22. The monoisotopic (exact) mass is 265 g/mol. The van der Waals surface area contributed by atoms with Crippen LogP contribution in [-0.4, -0.2) is 10.9 Å². The van der Waals surface area contributed by atoms with E-state index in [-0.39, 0.29) is 16.9 Å². The molecule has 0 spiro atoms. The maximum Gasteiger partial charge on any atom is 0.261 e. The van der Waals surface area contributed by atoms with Crippen LogP contribution in [0, 0.1) is 11.6 Å². The molecule has 0 aliphatic rings. The number of benzene rings is 1. The first-order valence-electron chi connectivity index (χ1n) is 5.22. The summed E-state index contributed by atoms with van der Waals surface area (Å²) in [7, 11) is 0. The number of nitrogens with two attached hydrogens (primary N) is 1. The van der Waals surface area contributed by atoms with Gasteiger partial charge in [-0.3, -0.25) is 9.59 Å². The van der Waals surface area contributed by atoms with Crippen molar-refractivity contribution in [3.63, 3.8) is 0 Å². The van der Waals surface area contributed by atoms with E-state index in [0.29, 0.717) is 6.07 Å². The second kappa shape index (κ2) is 4.89. The van der Waals surface area contributed by atoms with Gasteiger partial charge in [0.15, 0.2) is 11.2 Å². The molecule has 2 rings (SSSR count). The zero-order valence-corrected chi connectivity index (χ0v) is 9.54. The minimum atomic E-state index is -1.02. The maximum atomic E-state index is 13.5. The highest BCUT2D eigenvalue weighted by Gasteiger charge is 2.15. The highest BCUT2D eigenvalue weighted by Crippen LogP contribution is 2.24. The van der Waals surface area contributed by atoms with E-state index in [1.807, 2.05) is 0 Å². The molecule has 0 aliphatic heterocycles. The first kappa shape index (κ1) is 12.7. The lowest BCUT2D eigenvalue weighted by molar-refractivity contribution is 0.102. The van der Waals surface area contributed by atoms with Gasteiger partial charge in [-0.2, -0.15) is 0 Å². The number of hydrogen-bond donors (Lipinski definition) is 3. The van der Waals surface area contributed by atoms with Crippen molar-refractivity contribution in [1.82, 2.24) is 4.98 Å². The fourth-order valence-corrected chi connectivity index (χ4v) is 1.50. The predicted octanol–water partition coefficient (Wildman–Crippen LogP) is 1.49. The molecule has 0 saturated carbocycles. The van der Waals surface area contributed by atoms with Crippen LogP contribution in [0.2, 0.25) is 0 Å². The van der Waals surface area contributed by atoms with E-state index in [1.54, 1.807) is 0 Å². The van der Waals surface area contributed by atoms with Crippen molar-refractivity contribution in [3.8, 4) is 0 Å². The quantitative estimate of drug-likeness (QED) is 0.719. The SMILES string of the molecule is Nc1cc(F)cc(F)c1NC(=O)c1c[nH]ccc1=O. The Morgan fingerprint density at radius 1 is 1.32 bits per heavy atom. The standard InChI is InChI=1S/C12H9F2N3O2/c13-6-3-8(14)11(9(15)4-6)17-12(19)7-5-16-2-1-10(7)18/h1-5H,15H2,(H,16,18)(H,17,19). The summed E-state index contributed by atoms with van der Waals surface area (Å²) >= 11 is 0. The minimum Gasteiger partial charge on any atom is -0.397 e. The largest absolute Gasteiger partial charge is 0.397 e. The van der Waals surface area contributed by atoms with E-state index in [2.05, 4.69) is 10.3 Å². The Morgan fingerprint density at radius 3 is 2.68 bits per heavy atom. The Kier molecular flexibility index (Phi) is 3.28. The van der Waals surface area contributed by atoms with Gasteiger partial charge >= 0.3 is 0 Å². The minimum absolute atomic E-state index is 0.203. The topological polar surface area (TPSA) is 88.0 Å². The summed E-state index contributed by atoms with van der Waals surface area (Å²) in [5.74, 6) is -2.71. The van der Waals surface area contributed by atoms with Gasteiger partial charge in [0.05, 0.1) is 5.69 Å². The Balaban J connectivity index is 2.35. The highest BCUT2D eigenvalue weighted by molar-refractivity contribution is 6.05. The first-order valence-corrected chi connectivity index (χ1v) is 5.22. The summed E-state index contributed by atoms with van der Waals surface area (Å²) in [5.41, 5.74) is 4.04. The van der Waals surface area contributed by atoms with Gasteiger partial charge in [-0.05, 0) is 6.07 Å². The van der Waals surface area contributed by atoms with E-state index >= 15 is 0 Å². The summed E-state index contributed by atoms with van der Waals surface area (Å²) in [6.07, 6.45) is 2.53. The number of pyridine rings is 1. The summed E-state index contributed by atoms with van der Waals surface area (Å²) in [6.45, 7) is 0. The number of H-pyrrole nitrogens is 1. The van der Waals surface area contributed by atoms with Crippen LogP contribution < -0.4 is 16.5 Å². The second-order valence-electron chi connectivity index (χ2n) is 3.73. The Bertz CT molecular complexity index is 674. The molecule has 7 heteroatoms. The first-order chi connectivity index (χ1) is 8.99. The third kappa shape index (κ3) is 2.59. The zero-order chi connectivity index (χ0) is 14.0. The third-order valence-corrected chi connectivity index (χ3v) is 2.39. The molecule has 1 amide bonds. The van der Waals surface area contributed by atoms with E-state index in [1.165, 1.54) is 12.4 Å². The molecule has 0 saturated heterocycles. The molecular formula is C12H9F2N3O2. The number of carbonyl (C=O) groups excluding carboxylic acids is 1. The van der Waals surface area contributed by atoms with Gasteiger partial charge < -0.3 is 16.0 Å². The van der Waals surface area contributed by atoms with E-state index in [0.717, 1.165) is 12.1 Å². The van der Waals surface area contributed by atoms with Crippen molar-refractivity contribution in [2.75, 3.05) is 11.1 Å². The van der Waals surface area contributed by atoms with Crippen molar-refractivity contribution in [2.45, 2.75) is 0 Å². The molecule has 0 bridgehead atoms. The van der Waals surface area contributed by atoms with Crippen molar-refractivity contribution in [1.29, 1.82) is 0 Å². The van der Waals surface area contributed by atoms with Crippen LogP contribution in [0.3, 0.4) is 0 Å². The molecule has 5 nitrogen and oxygen atoms in total. The number of nitrogens with one attached hydrogen (secondary N) is 2. The molecule has 4 N–H and O–H groups in total. The molecular weight excluding hydrogens is 256 g/mol. The van der Waals surface area contributed by atoms with Gasteiger partial charge in [0.25, 0.3) is 5.91 Å². The van der Waals surface area contributed by atoms with Crippen LogP contribution in [0.15, 0.2) is 35.4 Å². The summed E-state index contributed by atoms with van der Waals surface area (Å²) in [6, 6.07) is 2.61. The van der Waals surface area contributed by atoms with Gasteiger partial charge in [-0.1, -0.05) is 0 Å². The number of carbonyl (C=O) groups is 1. The van der Waals surface area contributed by atoms with Gasteiger partial charge in [-0.15, -0.1) is 0 Å². The van der Waals surface area contributed by atoms with Gasteiger partial charge in [-0.25, -0.2) is 8.78 Å². The van der Waals surface area contributed by atoms with Crippen LogP contribution in [0.4, 0.5) is 20.2 Å². The molecule has 1 aromatic carbocycles. The Morgan fingerprint density at radius 2 is 2.05 bits per heavy atom. The normalized spacial score (nSPS) is 10.2. The Hall–Kier alpha value is -2.70. The molecule has 98 valence electrons. The second-order valence-corrected chi connectivity index (χ2v) is 3.73. The number of nitrogen functional groups attached to an aromatic ring is 1. The van der Waals surface area contributed by atoms with Gasteiger partial charge in [0.1, 0.15) is 17.1 Å². The average Bonchev–Trinajstić information content (AvgIpc) is 2.34. The number of anilines is 2. The van der Waals surface area contributed by atoms with Crippen LogP contribution in [0.1, 0.15) is 10.4 Å². The van der Waals surface area contributed by atoms with Gasteiger partial charge in [0, 0.05) is 24.5 Å². The molecule has 0 unspecified atom stereocenters. The molecule has 1 heterocycles. The van der Waals surface area contributed by atoms with Crippen LogP contribution in [0.5, 0.6) is 0 Å². The number of halogens is 2. The summed E-state index contributed by atoms with van der Waals surface area (Å²) < 4.78 is 26.3. The van der Waals surface area contributed by atoms with E-state index in [9.17, 15) is 18.4 Å².